The number of amides is 1. The first-order valence-electron chi connectivity index (χ1n) is 15.3. The van der Waals surface area contributed by atoms with Crippen molar-refractivity contribution in [2.75, 3.05) is 56.2 Å². The van der Waals surface area contributed by atoms with Crippen LogP contribution in [-0.2, 0) is 30.6 Å². The molecule has 1 aromatic carbocycles. The van der Waals surface area contributed by atoms with Gasteiger partial charge in [0.05, 0.1) is 30.8 Å². The highest BCUT2D eigenvalue weighted by Gasteiger charge is 2.35. The third-order valence-electron chi connectivity index (χ3n) is 9.38. The molecule has 1 amide bonds. The molecule has 0 saturated carbocycles. The highest BCUT2D eigenvalue weighted by atomic mass is 19.1. The van der Waals surface area contributed by atoms with Crippen molar-refractivity contribution in [3.63, 3.8) is 0 Å². The number of likely N-dealkylation sites (tertiary alicyclic amines) is 1. The first kappa shape index (κ1) is 29.3. The van der Waals surface area contributed by atoms with Crippen molar-refractivity contribution in [1.29, 1.82) is 5.26 Å². The molecule has 228 valence electrons. The second kappa shape index (κ2) is 12.4. The molecule has 0 N–H and O–H groups in total. The van der Waals surface area contributed by atoms with Crippen LogP contribution in [0.5, 0.6) is 6.01 Å². The minimum atomic E-state index is -1.03. The van der Waals surface area contributed by atoms with Crippen molar-refractivity contribution >= 4 is 17.4 Å². The fraction of sp³-hybridized carbons (Fsp3) is 0.562. The first-order chi connectivity index (χ1) is 20.8. The quantitative estimate of drug-likeness (QED) is 0.450. The van der Waals surface area contributed by atoms with E-state index in [0.717, 1.165) is 42.9 Å². The molecular formula is C32H39F2N7O2. The Morgan fingerprint density at radius 1 is 1.09 bits per heavy atom. The lowest BCUT2D eigenvalue weighted by molar-refractivity contribution is -0.131. The van der Waals surface area contributed by atoms with E-state index in [1.165, 1.54) is 34.6 Å². The molecule has 0 radical (unpaired) electrons. The van der Waals surface area contributed by atoms with E-state index in [4.69, 9.17) is 14.7 Å². The van der Waals surface area contributed by atoms with Gasteiger partial charge in [-0.1, -0.05) is 18.7 Å². The highest BCUT2D eigenvalue weighted by Crippen LogP contribution is 2.36. The van der Waals surface area contributed by atoms with Crippen LogP contribution in [0.25, 0.3) is 0 Å². The van der Waals surface area contributed by atoms with Gasteiger partial charge in [-0.15, -0.1) is 0 Å². The standard InChI is InChI=1S/C32H39F2N7O2/c1-21(33)31(42)41-15-14-40(18-24(41)10-12-35)30-27-11-13-39(29-9-5-7-22-6-3-4-8-26(22)29)19-28(27)36-32(37-30)43-20-25-16-23(34)17-38(25)2/h5,7,9,23-25H,1,3-4,6,8,10-11,13-20H2,2H3/t23-,24+,25+/m1/s1. The summed E-state index contributed by atoms with van der Waals surface area (Å²) < 4.78 is 34.0. The van der Waals surface area contributed by atoms with Crippen LogP contribution in [0.1, 0.15) is 48.1 Å². The highest BCUT2D eigenvalue weighted by molar-refractivity contribution is 5.91. The van der Waals surface area contributed by atoms with Crippen molar-refractivity contribution in [2.24, 2.45) is 0 Å². The van der Waals surface area contributed by atoms with Gasteiger partial charge < -0.3 is 19.4 Å². The lowest BCUT2D eigenvalue weighted by Gasteiger charge is -2.42. The predicted molar refractivity (Wildman–Crippen MR) is 159 cm³/mol. The van der Waals surface area contributed by atoms with Crippen molar-refractivity contribution in [3.8, 4) is 12.1 Å². The maximum Gasteiger partial charge on any atom is 0.318 e. The fourth-order valence-electron chi connectivity index (χ4n) is 7.11. The second-order valence-corrected chi connectivity index (χ2v) is 12.2. The molecule has 6 rings (SSSR count). The molecule has 9 nitrogen and oxygen atoms in total. The van der Waals surface area contributed by atoms with Crippen molar-refractivity contribution < 1.29 is 18.3 Å². The van der Waals surface area contributed by atoms with Gasteiger partial charge in [-0.05, 0) is 62.8 Å². The molecule has 2 aromatic rings. The summed E-state index contributed by atoms with van der Waals surface area (Å²) in [4.78, 5) is 30.1. The number of ether oxygens (including phenoxy) is 1. The Morgan fingerprint density at radius 3 is 2.70 bits per heavy atom. The number of aromatic nitrogens is 2. The van der Waals surface area contributed by atoms with Crippen LogP contribution in [0.3, 0.4) is 0 Å². The van der Waals surface area contributed by atoms with E-state index in [0.29, 0.717) is 32.6 Å². The van der Waals surface area contributed by atoms with Crippen LogP contribution < -0.4 is 14.5 Å². The number of carbonyl (C=O) groups is 1. The number of nitrogens with zero attached hydrogens (tertiary/aromatic N) is 7. The Labute approximate surface area is 251 Å². The zero-order valence-electron chi connectivity index (χ0n) is 24.8. The maximum atomic E-state index is 14.0. The molecule has 0 bridgehead atoms. The zero-order valence-corrected chi connectivity index (χ0v) is 24.8. The summed E-state index contributed by atoms with van der Waals surface area (Å²) in [6.07, 6.45) is 4.94. The minimum absolute atomic E-state index is 0.0613. The average Bonchev–Trinajstić information content (AvgIpc) is 3.34. The monoisotopic (exact) mass is 591 g/mol. The number of fused-ring (bicyclic) bond motifs is 2. The molecule has 4 heterocycles. The molecule has 1 aromatic heterocycles. The summed E-state index contributed by atoms with van der Waals surface area (Å²) >= 11 is 0. The molecule has 0 spiro atoms. The lowest BCUT2D eigenvalue weighted by Crippen LogP contribution is -2.55. The molecule has 0 unspecified atom stereocenters. The van der Waals surface area contributed by atoms with Crippen LogP contribution in [0, 0.1) is 11.3 Å². The predicted octanol–water partition coefficient (Wildman–Crippen LogP) is 3.75. The Bertz CT molecular complexity index is 1430. The van der Waals surface area contributed by atoms with Gasteiger partial charge in [-0.3, -0.25) is 9.69 Å². The smallest absolute Gasteiger partial charge is 0.318 e. The van der Waals surface area contributed by atoms with Crippen molar-refractivity contribution in [2.45, 2.75) is 69.7 Å². The van der Waals surface area contributed by atoms with Gasteiger partial charge in [0.1, 0.15) is 18.6 Å². The van der Waals surface area contributed by atoms with E-state index < -0.39 is 23.9 Å². The number of halogens is 2. The Hall–Kier alpha value is -3.78. The van der Waals surface area contributed by atoms with E-state index in [9.17, 15) is 18.8 Å². The number of aryl methyl sites for hydroxylation is 1. The van der Waals surface area contributed by atoms with Gasteiger partial charge in [0.25, 0.3) is 5.91 Å². The van der Waals surface area contributed by atoms with Gasteiger partial charge in [0.2, 0.25) is 0 Å². The number of likely N-dealkylation sites (N-methyl/N-ethyl adjacent to an activating group) is 1. The minimum Gasteiger partial charge on any atom is -0.462 e. The Kier molecular flexibility index (Phi) is 8.48. The van der Waals surface area contributed by atoms with E-state index in [1.807, 2.05) is 11.9 Å². The molecule has 43 heavy (non-hydrogen) atoms. The lowest BCUT2D eigenvalue weighted by atomic mass is 9.89. The third-order valence-corrected chi connectivity index (χ3v) is 9.38. The number of anilines is 2. The number of piperazine rings is 1. The topological polar surface area (TPSA) is 88.8 Å². The normalized spacial score (nSPS) is 23.9. The SMILES string of the molecule is C=C(F)C(=O)N1CCN(c2nc(OC[C@@H]3C[C@@H](F)CN3C)nc3c2CCN(c2cccc4c2CCCC4)C3)C[C@@H]1CC#N. The maximum absolute atomic E-state index is 14.0. The molecule has 2 fully saturated rings. The average molecular weight is 592 g/mol. The number of benzene rings is 1. The van der Waals surface area contributed by atoms with Gasteiger partial charge in [-0.25, -0.2) is 8.78 Å². The molecule has 11 heteroatoms. The summed E-state index contributed by atoms with van der Waals surface area (Å²) in [6.45, 7) is 6.26. The van der Waals surface area contributed by atoms with Crippen LogP contribution in [0.15, 0.2) is 30.6 Å². The van der Waals surface area contributed by atoms with Crippen molar-refractivity contribution in [3.05, 3.63) is 53.0 Å². The molecule has 3 aliphatic heterocycles. The van der Waals surface area contributed by atoms with Crippen LogP contribution in [0.4, 0.5) is 20.3 Å². The molecular weight excluding hydrogens is 552 g/mol. The Balaban J connectivity index is 1.31. The number of nitriles is 1. The number of rotatable bonds is 7. The number of hydrogen-bond donors (Lipinski definition) is 0. The number of carbonyl (C=O) groups excluding carboxylic acids is 1. The van der Waals surface area contributed by atoms with E-state index in [1.54, 1.807) is 0 Å². The summed E-state index contributed by atoms with van der Waals surface area (Å²) in [6, 6.07) is 8.42. The zero-order chi connectivity index (χ0) is 30.1. The molecule has 4 aliphatic rings. The van der Waals surface area contributed by atoms with Crippen LogP contribution in [-0.4, -0.2) is 90.3 Å². The summed E-state index contributed by atoms with van der Waals surface area (Å²) in [5.41, 5.74) is 6.04. The summed E-state index contributed by atoms with van der Waals surface area (Å²) in [5.74, 6) is -1.07. The largest absolute Gasteiger partial charge is 0.462 e. The van der Waals surface area contributed by atoms with Gasteiger partial charge in [-0.2, -0.15) is 15.2 Å². The number of hydrogen-bond acceptors (Lipinski definition) is 8. The molecule has 2 saturated heterocycles. The van der Waals surface area contributed by atoms with Gasteiger partial charge in [0, 0.05) is 50.0 Å². The van der Waals surface area contributed by atoms with Crippen LogP contribution >= 0.6 is 0 Å². The van der Waals surface area contributed by atoms with Crippen LogP contribution in [0.2, 0.25) is 0 Å². The van der Waals surface area contributed by atoms with E-state index in [2.05, 4.69) is 40.6 Å². The van der Waals surface area contributed by atoms with E-state index in [-0.39, 0.29) is 31.6 Å². The first-order valence-corrected chi connectivity index (χ1v) is 15.3. The van der Waals surface area contributed by atoms with E-state index >= 15 is 0 Å². The fourth-order valence-corrected chi connectivity index (χ4v) is 7.11. The van der Waals surface area contributed by atoms with Crippen molar-refractivity contribution in [1.82, 2.24) is 19.8 Å². The van der Waals surface area contributed by atoms with Gasteiger partial charge in [0.15, 0.2) is 5.83 Å². The second-order valence-electron chi connectivity index (χ2n) is 12.2. The molecule has 1 aliphatic carbocycles. The molecule has 3 atom stereocenters. The Morgan fingerprint density at radius 2 is 1.93 bits per heavy atom. The number of alkyl halides is 1. The van der Waals surface area contributed by atoms with Gasteiger partial charge >= 0.3 is 6.01 Å². The summed E-state index contributed by atoms with van der Waals surface area (Å²) in [7, 11) is 1.90. The third kappa shape index (κ3) is 6.03. The summed E-state index contributed by atoms with van der Waals surface area (Å²) in [5, 5.41) is 9.48.